The normalized spacial score (nSPS) is 14.8. The van der Waals surface area contributed by atoms with Gasteiger partial charge in [0.25, 0.3) is 0 Å². The lowest BCUT2D eigenvalue weighted by atomic mass is 10.1. The summed E-state index contributed by atoms with van der Waals surface area (Å²) < 4.78 is 35.6. The molecular weight excluding hydrogens is 193 g/mol. The molecular formula is C9H19F3N2. The first kappa shape index (κ1) is 13.7. The van der Waals surface area contributed by atoms with E-state index in [2.05, 4.69) is 0 Å². The van der Waals surface area contributed by atoms with Gasteiger partial charge in [0.1, 0.15) is 0 Å². The Labute approximate surface area is 83.3 Å². The molecule has 0 saturated carbocycles. The molecule has 0 aromatic heterocycles. The van der Waals surface area contributed by atoms with Crippen molar-refractivity contribution < 1.29 is 13.2 Å². The quantitative estimate of drug-likeness (QED) is 0.728. The average Bonchev–Trinajstić information content (AvgIpc) is 2.00. The van der Waals surface area contributed by atoms with Crippen LogP contribution in [-0.2, 0) is 0 Å². The van der Waals surface area contributed by atoms with Gasteiger partial charge in [-0.05, 0) is 25.9 Å². The predicted octanol–water partition coefficient (Wildman–Crippen LogP) is 1.86. The molecule has 0 aliphatic rings. The topological polar surface area (TPSA) is 29.3 Å². The van der Waals surface area contributed by atoms with E-state index in [1.165, 1.54) is 0 Å². The molecule has 1 unspecified atom stereocenters. The van der Waals surface area contributed by atoms with E-state index in [-0.39, 0.29) is 6.54 Å². The maximum absolute atomic E-state index is 11.9. The number of hydrogen-bond acceptors (Lipinski definition) is 2. The fourth-order valence-electron chi connectivity index (χ4n) is 1.32. The standard InChI is InChI=1S/C9H19F3N2/c1-8(3-5-13)7-14(2)6-4-9(10,11)12/h8H,3-7,13H2,1-2H3. The molecule has 0 aliphatic heterocycles. The highest BCUT2D eigenvalue weighted by Crippen LogP contribution is 2.19. The van der Waals surface area contributed by atoms with Gasteiger partial charge in [0.15, 0.2) is 0 Å². The Balaban J connectivity index is 3.59. The van der Waals surface area contributed by atoms with Crippen LogP contribution < -0.4 is 5.73 Å². The highest BCUT2D eigenvalue weighted by atomic mass is 19.4. The Bertz CT molecular complexity index is 147. The van der Waals surface area contributed by atoms with Gasteiger partial charge in [-0.25, -0.2) is 0 Å². The van der Waals surface area contributed by atoms with Gasteiger partial charge in [0.05, 0.1) is 6.42 Å². The van der Waals surface area contributed by atoms with Crippen LogP contribution >= 0.6 is 0 Å². The fourth-order valence-corrected chi connectivity index (χ4v) is 1.32. The molecule has 86 valence electrons. The average molecular weight is 212 g/mol. The molecule has 0 amide bonds. The van der Waals surface area contributed by atoms with E-state index in [9.17, 15) is 13.2 Å². The maximum Gasteiger partial charge on any atom is 0.390 e. The Morgan fingerprint density at radius 1 is 1.36 bits per heavy atom. The molecule has 14 heavy (non-hydrogen) atoms. The minimum Gasteiger partial charge on any atom is -0.330 e. The first-order valence-electron chi connectivity index (χ1n) is 4.80. The van der Waals surface area contributed by atoms with Gasteiger partial charge in [0, 0.05) is 13.1 Å². The summed E-state index contributed by atoms with van der Waals surface area (Å²) in [5, 5.41) is 0. The summed E-state index contributed by atoms with van der Waals surface area (Å²) in [6.45, 7) is 3.33. The molecule has 0 spiro atoms. The minimum atomic E-state index is -4.05. The lowest BCUT2D eigenvalue weighted by Crippen LogP contribution is -2.29. The van der Waals surface area contributed by atoms with Gasteiger partial charge >= 0.3 is 6.18 Å². The van der Waals surface area contributed by atoms with E-state index in [0.717, 1.165) is 6.42 Å². The number of nitrogens with two attached hydrogens (primary N) is 1. The fraction of sp³-hybridized carbons (Fsp3) is 1.00. The van der Waals surface area contributed by atoms with Crippen LogP contribution in [0, 0.1) is 5.92 Å². The maximum atomic E-state index is 11.9. The van der Waals surface area contributed by atoms with E-state index in [4.69, 9.17) is 5.73 Å². The third kappa shape index (κ3) is 8.31. The van der Waals surface area contributed by atoms with E-state index < -0.39 is 12.6 Å². The number of hydrogen-bond donors (Lipinski definition) is 1. The van der Waals surface area contributed by atoms with E-state index in [0.29, 0.717) is 19.0 Å². The van der Waals surface area contributed by atoms with Crippen molar-refractivity contribution in [3.8, 4) is 0 Å². The zero-order valence-corrected chi connectivity index (χ0v) is 8.77. The Kier molecular flexibility index (Phi) is 6.11. The van der Waals surface area contributed by atoms with Gasteiger partial charge in [-0.3, -0.25) is 0 Å². The Morgan fingerprint density at radius 2 is 1.93 bits per heavy atom. The summed E-state index contributed by atoms with van der Waals surface area (Å²) in [6.07, 6.45) is -3.93. The largest absolute Gasteiger partial charge is 0.390 e. The first-order chi connectivity index (χ1) is 6.35. The third-order valence-electron chi connectivity index (χ3n) is 2.06. The molecule has 0 aromatic carbocycles. The summed E-state index contributed by atoms with van der Waals surface area (Å²) in [6, 6.07) is 0. The highest BCUT2D eigenvalue weighted by molar-refractivity contribution is 4.62. The molecule has 2 N–H and O–H groups in total. The van der Waals surface area contributed by atoms with E-state index in [1.54, 1.807) is 11.9 Å². The minimum absolute atomic E-state index is 0.0679. The van der Waals surface area contributed by atoms with Crippen molar-refractivity contribution in [2.24, 2.45) is 11.7 Å². The Morgan fingerprint density at radius 3 is 2.36 bits per heavy atom. The zero-order chi connectivity index (χ0) is 11.2. The molecule has 0 radical (unpaired) electrons. The van der Waals surface area contributed by atoms with Crippen molar-refractivity contribution in [3.05, 3.63) is 0 Å². The van der Waals surface area contributed by atoms with Gasteiger partial charge in [0.2, 0.25) is 0 Å². The smallest absolute Gasteiger partial charge is 0.330 e. The predicted molar refractivity (Wildman–Crippen MR) is 51.0 cm³/mol. The second-order valence-electron chi connectivity index (χ2n) is 3.81. The third-order valence-corrected chi connectivity index (χ3v) is 2.06. The monoisotopic (exact) mass is 212 g/mol. The van der Waals surface area contributed by atoms with Gasteiger partial charge in [-0.2, -0.15) is 13.2 Å². The van der Waals surface area contributed by atoms with E-state index >= 15 is 0 Å². The van der Waals surface area contributed by atoms with Crippen molar-refractivity contribution in [3.63, 3.8) is 0 Å². The molecule has 5 heteroatoms. The molecule has 0 aromatic rings. The molecule has 0 saturated heterocycles. The molecule has 0 fully saturated rings. The number of halogens is 3. The van der Waals surface area contributed by atoms with E-state index in [1.807, 2.05) is 6.92 Å². The van der Waals surface area contributed by atoms with Crippen molar-refractivity contribution >= 4 is 0 Å². The molecule has 0 aliphatic carbocycles. The summed E-state index contributed by atoms with van der Waals surface area (Å²) in [4.78, 5) is 1.70. The molecule has 1 atom stereocenters. The zero-order valence-electron chi connectivity index (χ0n) is 8.77. The van der Waals surface area contributed by atoms with Crippen molar-refractivity contribution in [2.45, 2.75) is 25.9 Å². The lowest BCUT2D eigenvalue weighted by Gasteiger charge is -2.21. The van der Waals surface area contributed by atoms with Crippen molar-refractivity contribution in [1.82, 2.24) is 4.90 Å². The SMILES string of the molecule is CC(CCN)CN(C)CCC(F)(F)F. The Hall–Kier alpha value is -0.290. The summed E-state index contributed by atoms with van der Waals surface area (Å²) >= 11 is 0. The van der Waals surface area contributed by atoms with Crippen molar-refractivity contribution in [1.29, 1.82) is 0 Å². The highest BCUT2D eigenvalue weighted by Gasteiger charge is 2.27. The van der Waals surface area contributed by atoms with Crippen LogP contribution in [0.3, 0.4) is 0 Å². The van der Waals surface area contributed by atoms with Crippen LogP contribution in [0.5, 0.6) is 0 Å². The van der Waals surface area contributed by atoms with Crippen molar-refractivity contribution in [2.75, 3.05) is 26.7 Å². The summed E-state index contributed by atoms with van der Waals surface area (Å²) in [7, 11) is 1.71. The molecule has 0 rings (SSSR count). The summed E-state index contributed by atoms with van der Waals surface area (Å²) in [5.41, 5.74) is 5.35. The van der Waals surface area contributed by atoms with Gasteiger partial charge in [-0.15, -0.1) is 0 Å². The number of nitrogens with zero attached hydrogens (tertiary/aromatic N) is 1. The van der Waals surface area contributed by atoms with Crippen LogP contribution in [0.1, 0.15) is 19.8 Å². The van der Waals surface area contributed by atoms with Crippen LogP contribution in [-0.4, -0.2) is 37.8 Å². The van der Waals surface area contributed by atoms with Crippen LogP contribution in [0.15, 0.2) is 0 Å². The van der Waals surface area contributed by atoms with Crippen LogP contribution in [0.4, 0.5) is 13.2 Å². The van der Waals surface area contributed by atoms with Crippen LogP contribution in [0.25, 0.3) is 0 Å². The number of alkyl halides is 3. The van der Waals surface area contributed by atoms with Gasteiger partial charge < -0.3 is 10.6 Å². The molecule has 0 heterocycles. The molecule has 0 bridgehead atoms. The van der Waals surface area contributed by atoms with Crippen LogP contribution in [0.2, 0.25) is 0 Å². The van der Waals surface area contributed by atoms with Gasteiger partial charge in [-0.1, -0.05) is 6.92 Å². The lowest BCUT2D eigenvalue weighted by molar-refractivity contribution is -0.137. The molecule has 2 nitrogen and oxygen atoms in total. The summed E-state index contributed by atoms with van der Waals surface area (Å²) in [5.74, 6) is 0.359. The first-order valence-corrected chi connectivity index (χ1v) is 4.80. The second-order valence-corrected chi connectivity index (χ2v) is 3.81. The number of rotatable bonds is 6. The second kappa shape index (κ2) is 6.24.